The van der Waals surface area contributed by atoms with E-state index < -0.39 is 0 Å². The molecule has 1 saturated heterocycles. The Morgan fingerprint density at radius 3 is 2.38 bits per heavy atom. The molecule has 5 rings (SSSR count). The van der Waals surface area contributed by atoms with Crippen LogP contribution in [0.25, 0.3) is 23.0 Å². The van der Waals surface area contributed by atoms with E-state index in [9.17, 15) is 4.79 Å². The number of anilines is 1. The summed E-state index contributed by atoms with van der Waals surface area (Å²) >= 11 is 0. The van der Waals surface area contributed by atoms with Crippen LogP contribution in [0.4, 0.5) is 5.82 Å². The van der Waals surface area contributed by atoms with Crippen LogP contribution in [0.3, 0.4) is 0 Å². The van der Waals surface area contributed by atoms with Gasteiger partial charge in [-0.25, -0.2) is 4.98 Å². The molecule has 0 atom stereocenters. The average Bonchev–Trinajstić information content (AvgIpc) is 3.39. The van der Waals surface area contributed by atoms with E-state index in [2.05, 4.69) is 20.1 Å². The maximum Gasteiger partial charge on any atom is 0.268 e. The topological polar surface area (TPSA) is 97.5 Å². The van der Waals surface area contributed by atoms with E-state index in [0.717, 1.165) is 5.56 Å². The largest absolute Gasteiger partial charge is 0.484 e. The Morgan fingerprint density at radius 1 is 0.971 bits per heavy atom. The minimum atomic E-state index is -0.0292. The van der Waals surface area contributed by atoms with Crippen LogP contribution in [0.2, 0.25) is 0 Å². The molecule has 0 radical (unpaired) electrons. The van der Waals surface area contributed by atoms with Crippen molar-refractivity contribution in [2.75, 3.05) is 37.7 Å². The number of hydrogen-bond acceptors (Lipinski definition) is 8. The molecule has 1 aliphatic heterocycles. The number of aryl methyl sites for hydroxylation is 1. The lowest BCUT2D eigenvalue weighted by atomic mass is 10.2. The first-order valence-corrected chi connectivity index (χ1v) is 11.1. The minimum absolute atomic E-state index is 0. The standard InChI is InChI=1S/C25H24N6O3.H2/c1-18-23(25-29-28-24(34-25)19-8-4-2-5-9-19)27-21(16-26-18)30-12-14-31(15-13-30)22(32)17-33-20-10-6-3-7-11-20;/h2-11,16H,12-15,17H2,1H3;1H. The highest BCUT2D eigenvalue weighted by atomic mass is 16.5. The number of carbonyl (C=O) groups is 1. The molecule has 34 heavy (non-hydrogen) atoms. The monoisotopic (exact) mass is 458 g/mol. The summed E-state index contributed by atoms with van der Waals surface area (Å²) in [6.07, 6.45) is 1.74. The molecule has 9 nitrogen and oxygen atoms in total. The van der Waals surface area contributed by atoms with Crippen LogP contribution in [0.1, 0.15) is 7.12 Å². The Kier molecular flexibility index (Phi) is 6.15. The summed E-state index contributed by atoms with van der Waals surface area (Å²) in [5.41, 5.74) is 2.11. The third-order valence-corrected chi connectivity index (χ3v) is 5.65. The number of piperazine rings is 1. The second-order valence-corrected chi connectivity index (χ2v) is 7.91. The van der Waals surface area contributed by atoms with E-state index in [0.29, 0.717) is 60.9 Å². The van der Waals surface area contributed by atoms with Gasteiger partial charge in [0.05, 0.1) is 11.9 Å². The third-order valence-electron chi connectivity index (χ3n) is 5.65. The van der Waals surface area contributed by atoms with Crippen LogP contribution in [-0.2, 0) is 4.79 Å². The number of ether oxygens (including phenoxy) is 1. The van der Waals surface area contributed by atoms with Crippen molar-refractivity contribution in [2.45, 2.75) is 6.92 Å². The Balaban J connectivity index is 0.00000289. The molecule has 1 aliphatic rings. The molecule has 4 aromatic rings. The summed E-state index contributed by atoms with van der Waals surface area (Å²) in [5, 5.41) is 8.35. The maximum atomic E-state index is 12.5. The van der Waals surface area contributed by atoms with Gasteiger partial charge >= 0.3 is 0 Å². The summed E-state index contributed by atoms with van der Waals surface area (Å²) in [4.78, 5) is 25.7. The normalized spacial score (nSPS) is 13.7. The number of carbonyl (C=O) groups excluding carboxylic acids is 1. The number of aromatic nitrogens is 4. The van der Waals surface area contributed by atoms with Gasteiger partial charge in [0, 0.05) is 33.2 Å². The van der Waals surface area contributed by atoms with Crippen molar-refractivity contribution in [1.29, 1.82) is 0 Å². The molecule has 9 heteroatoms. The summed E-state index contributed by atoms with van der Waals surface area (Å²) < 4.78 is 11.5. The number of rotatable bonds is 6. The fourth-order valence-electron chi connectivity index (χ4n) is 3.75. The van der Waals surface area contributed by atoms with E-state index in [4.69, 9.17) is 14.1 Å². The number of amides is 1. The predicted octanol–water partition coefficient (Wildman–Crippen LogP) is 3.48. The van der Waals surface area contributed by atoms with Gasteiger partial charge in [-0.2, -0.15) is 0 Å². The Labute approximate surface area is 198 Å². The van der Waals surface area contributed by atoms with E-state index in [1.165, 1.54) is 0 Å². The zero-order chi connectivity index (χ0) is 23.3. The lowest BCUT2D eigenvalue weighted by Crippen LogP contribution is -2.50. The van der Waals surface area contributed by atoms with Gasteiger partial charge in [-0.15, -0.1) is 10.2 Å². The van der Waals surface area contributed by atoms with Crippen LogP contribution in [-0.4, -0.2) is 63.8 Å². The molecular weight excluding hydrogens is 432 g/mol. The maximum absolute atomic E-state index is 12.5. The number of hydrogen-bond donors (Lipinski definition) is 0. The fraction of sp³-hybridized carbons (Fsp3) is 0.240. The highest BCUT2D eigenvalue weighted by Gasteiger charge is 2.24. The molecule has 3 heterocycles. The van der Waals surface area contributed by atoms with Crippen molar-refractivity contribution in [3.63, 3.8) is 0 Å². The van der Waals surface area contributed by atoms with E-state index in [1.807, 2.05) is 72.5 Å². The van der Waals surface area contributed by atoms with E-state index >= 15 is 0 Å². The van der Waals surface area contributed by atoms with Gasteiger partial charge < -0.3 is 19.0 Å². The molecule has 0 aliphatic carbocycles. The predicted molar refractivity (Wildman–Crippen MR) is 128 cm³/mol. The van der Waals surface area contributed by atoms with Gasteiger partial charge in [-0.3, -0.25) is 9.78 Å². The van der Waals surface area contributed by atoms with Crippen molar-refractivity contribution in [3.8, 4) is 28.8 Å². The fourth-order valence-corrected chi connectivity index (χ4v) is 3.75. The molecule has 0 unspecified atom stereocenters. The van der Waals surface area contributed by atoms with Gasteiger partial charge in [0.1, 0.15) is 11.6 Å². The van der Waals surface area contributed by atoms with Crippen molar-refractivity contribution in [3.05, 3.63) is 72.6 Å². The van der Waals surface area contributed by atoms with E-state index in [1.54, 1.807) is 6.20 Å². The summed E-state index contributed by atoms with van der Waals surface area (Å²) in [5.74, 6) is 2.14. The molecule has 1 amide bonds. The molecule has 2 aromatic carbocycles. The van der Waals surface area contributed by atoms with Crippen LogP contribution in [0.5, 0.6) is 5.75 Å². The first-order chi connectivity index (χ1) is 16.7. The third kappa shape index (κ3) is 4.73. The lowest BCUT2D eigenvalue weighted by molar-refractivity contribution is -0.133. The van der Waals surface area contributed by atoms with Crippen LogP contribution < -0.4 is 9.64 Å². The van der Waals surface area contributed by atoms with Crippen LogP contribution in [0.15, 0.2) is 71.3 Å². The molecule has 0 N–H and O–H groups in total. The van der Waals surface area contributed by atoms with Crippen molar-refractivity contribution in [1.82, 2.24) is 25.1 Å². The number of benzene rings is 2. The molecule has 0 spiro atoms. The van der Waals surface area contributed by atoms with Gasteiger partial charge in [0.25, 0.3) is 11.8 Å². The first kappa shape index (κ1) is 21.6. The molecule has 2 aromatic heterocycles. The Morgan fingerprint density at radius 2 is 1.65 bits per heavy atom. The second-order valence-electron chi connectivity index (χ2n) is 7.91. The zero-order valence-electron chi connectivity index (χ0n) is 18.8. The smallest absolute Gasteiger partial charge is 0.268 e. The Bertz CT molecular complexity index is 1260. The Hall–Kier alpha value is -4.27. The van der Waals surface area contributed by atoms with Crippen LogP contribution >= 0.6 is 0 Å². The minimum Gasteiger partial charge on any atom is -0.484 e. The van der Waals surface area contributed by atoms with Gasteiger partial charge in [0.2, 0.25) is 5.89 Å². The molecular formula is C25H26N6O3. The average molecular weight is 459 g/mol. The summed E-state index contributed by atoms with van der Waals surface area (Å²) in [6.45, 7) is 4.35. The zero-order valence-corrected chi connectivity index (χ0v) is 18.8. The summed E-state index contributed by atoms with van der Waals surface area (Å²) in [6, 6.07) is 19.0. The highest BCUT2D eigenvalue weighted by Crippen LogP contribution is 2.26. The van der Waals surface area contributed by atoms with Crippen molar-refractivity contribution < 1.29 is 15.4 Å². The van der Waals surface area contributed by atoms with E-state index in [-0.39, 0.29) is 13.9 Å². The second kappa shape index (κ2) is 9.70. The number of para-hydroxylation sites is 1. The van der Waals surface area contributed by atoms with Crippen molar-refractivity contribution >= 4 is 11.7 Å². The van der Waals surface area contributed by atoms with Gasteiger partial charge in [-0.1, -0.05) is 36.4 Å². The van der Waals surface area contributed by atoms with Crippen LogP contribution in [0, 0.1) is 6.92 Å². The number of nitrogens with zero attached hydrogens (tertiary/aromatic N) is 6. The lowest BCUT2D eigenvalue weighted by Gasteiger charge is -2.35. The van der Waals surface area contributed by atoms with Crippen molar-refractivity contribution in [2.24, 2.45) is 0 Å². The quantitative estimate of drug-likeness (QED) is 0.433. The SMILES string of the molecule is Cc1ncc(N2CCN(C(=O)COc3ccccc3)CC2)nc1-c1nnc(-c2ccccc2)o1.[HH]. The van der Waals surface area contributed by atoms with Gasteiger partial charge in [0.15, 0.2) is 12.3 Å². The molecule has 0 saturated carbocycles. The summed E-state index contributed by atoms with van der Waals surface area (Å²) in [7, 11) is 0. The van der Waals surface area contributed by atoms with Gasteiger partial charge in [-0.05, 0) is 31.2 Å². The first-order valence-electron chi connectivity index (χ1n) is 11.1. The molecule has 174 valence electrons. The molecule has 0 bridgehead atoms. The highest BCUT2D eigenvalue weighted by molar-refractivity contribution is 5.78. The molecule has 1 fully saturated rings.